The Hall–Kier alpha value is -4.07. The molecule has 33 heavy (non-hydrogen) atoms. The highest BCUT2D eigenvalue weighted by molar-refractivity contribution is 5.96. The van der Waals surface area contributed by atoms with E-state index in [-0.39, 0.29) is 17.7 Å². The largest absolute Gasteiger partial charge is 0.464 e. The number of hydrogen-bond donors (Lipinski definition) is 1. The van der Waals surface area contributed by atoms with Crippen molar-refractivity contribution in [2.45, 2.75) is 33.3 Å². The van der Waals surface area contributed by atoms with Crippen molar-refractivity contribution in [3.8, 4) is 5.69 Å². The molecular formula is C25H25N3O5. The van der Waals surface area contributed by atoms with Crippen molar-refractivity contribution in [3.63, 3.8) is 0 Å². The van der Waals surface area contributed by atoms with Gasteiger partial charge in [0.2, 0.25) is 0 Å². The Morgan fingerprint density at radius 2 is 1.85 bits per heavy atom. The molecule has 2 aromatic heterocycles. The van der Waals surface area contributed by atoms with Gasteiger partial charge in [0.25, 0.3) is 11.5 Å². The number of amides is 1. The third-order valence-corrected chi connectivity index (χ3v) is 5.63. The van der Waals surface area contributed by atoms with E-state index in [0.29, 0.717) is 22.5 Å². The van der Waals surface area contributed by atoms with Crippen LogP contribution in [-0.2, 0) is 27.8 Å². The molecule has 2 aromatic carbocycles. The van der Waals surface area contributed by atoms with Gasteiger partial charge in [0, 0.05) is 18.0 Å². The van der Waals surface area contributed by atoms with Crippen molar-refractivity contribution in [1.29, 1.82) is 0 Å². The second-order valence-corrected chi connectivity index (χ2v) is 8.00. The zero-order valence-corrected chi connectivity index (χ0v) is 18.9. The molecule has 0 aliphatic heterocycles. The number of benzene rings is 2. The summed E-state index contributed by atoms with van der Waals surface area (Å²) in [6, 6.07) is 14.8. The summed E-state index contributed by atoms with van der Waals surface area (Å²) in [5, 5.41) is 3.45. The van der Waals surface area contributed by atoms with E-state index in [1.165, 1.54) is 17.9 Å². The number of rotatable bonds is 6. The fraction of sp³-hybridized carbons (Fsp3) is 0.240. The molecule has 0 spiro atoms. The van der Waals surface area contributed by atoms with Gasteiger partial charge in [-0.15, -0.1) is 0 Å². The molecule has 4 rings (SSSR count). The number of para-hydroxylation sites is 1. The summed E-state index contributed by atoms with van der Waals surface area (Å²) in [6.07, 6.45) is 0.413. The van der Waals surface area contributed by atoms with Gasteiger partial charge >= 0.3 is 5.97 Å². The molecule has 8 heteroatoms. The van der Waals surface area contributed by atoms with Crippen molar-refractivity contribution in [2.24, 2.45) is 7.05 Å². The van der Waals surface area contributed by atoms with Crippen LogP contribution in [0.1, 0.15) is 23.7 Å². The molecule has 1 N–H and O–H groups in total. The summed E-state index contributed by atoms with van der Waals surface area (Å²) >= 11 is 0. The third kappa shape index (κ3) is 4.32. The van der Waals surface area contributed by atoms with Crippen LogP contribution in [0.25, 0.3) is 16.7 Å². The monoisotopic (exact) mass is 447 g/mol. The van der Waals surface area contributed by atoms with E-state index >= 15 is 0 Å². The van der Waals surface area contributed by atoms with Gasteiger partial charge in [-0.05, 0) is 44.5 Å². The van der Waals surface area contributed by atoms with E-state index in [9.17, 15) is 14.4 Å². The van der Waals surface area contributed by atoms with E-state index in [2.05, 4.69) is 5.32 Å². The fourth-order valence-electron chi connectivity index (χ4n) is 3.71. The number of esters is 1. The summed E-state index contributed by atoms with van der Waals surface area (Å²) in [4.78, 5) is 38.1. The van der Waals surface area contributed by atoms with Gasteiger partial charge in [-0.3, -0.25) is 19.1 Å². The van der Waals surface area contributed by atoms with Gasteiger partial charge in [-0.2, -0.15) is 0 Å². The maximum absolute atomic E-state index is 13.0. The number of carbonyl (C=O) groups excluding carboxylic acids is 2. The molecule has 0 aliphatic carbocycles. The number of ether oxygens (including phenoxy) is 1. The zero-order chi connectivity index (χ0) is 23.7. The minimum Gasteiger partial charge on any atom is -0.464 e. The number of fused-ring (bicyclic) bond motifs is 1. The first-order valence-corrected chi connectivity index (χ1v) is 10.6. The predicted molar refractivity (Wildman–Crippen MR) is 125 cm³/mol. The number of anilines is 1. The number of carbonyl (C=O) groups is 2. The Labute approximate surface area is 190 Å². The smallest absolute Gasteiger partial charge is 0.311 e. The van der Waals surface area contributed by atoms with E-state index in [1.54, 1.807) is 30.8 Å². The average Bonchev–Trinajstić information content (AvgIpc) is 3.27. The first-order chi connectivity index (χ1) is 15.8. The number of nitrogens with zero attached hydrogens (tertiary/aromatic N) is 2. The predicted octanol–water partition coefficient (Wildman–Crippen LogP) is 3.65. The van der Waals surface area contributed by atoms with Gasteiger partial charge < -0.3 is 14.5 Å². The lowest BCUT2D eigenvalue weighted by Crippen LogP contribution is -2.32. The van der Waals surface area contributed by atoms with E-state index in [4.69, 9.17) is 9.15 Å². The molecule has 0 radical (unpaired) electrons. The molecule has 0 fully saturated rings. The Bertz CT molecular complexity index is 1390. The second-order valence-electron chi connectivity index (χ2n) is 8.00. The van der Waals surface area contributed by atoms with E-state index in [0.717, 1.165) is 10.9 Å². The minimum atomic E-state index is -1.08. The summed E-state index contributed by atoms with van der Waals surface area (Å²) in [5.41, 5.74) is 3.47. The van der Waals surface area contributed by atoms with Gasteiger partial charge in [-0.1, -0.05) is 30.3 Å². The van der Waals surface area contributed by atoms with Crippen LogP contribution < -0.4 is 10.9 Å². The highest BCUT2D eigenvalue weighted by Gasteiger charge is 2.23. The van der Waals surface area contributed by atoms with Gasteiger partial charge in [0.05, 0.1) is 24.1 Å². The maximum atomic E-state index is 13.0. The van der Waals surface area contributed by atoms with E-state index in [1.807, 2.05) is 43.3 Å². The number of hydrogen-bond acceptors (Lipinski definition) is 5. The van der Waals surface area contributed by atoms with Gasteiger partial charge in [0.15, 0.2) is 6.10 Å². The van der Waals surface area contributed by atoms with Crippen molar-refractivity contribution in [2.75, 3.05) is 5.32 Å². The molecule has 0 saturated heterocycles. The molecule has 2 heterocycles. The lowest BCUT2D eigenvalue weighted by atomic mass is 10.1. The Morgan fingerprint density at radius 1 is 1.12 bits per heavy atom. The van der Waals surface area contributed by atoms with Crippen molar-refractivity contribution in [1.82, 2.24) is 9.36 Å². The van der Waals surface area contributed by atoms with Crippen LogP contribution >= 0.6 is 0 Å². The Kier molecular flexibility index (Phi) is 5.91. The number of aromatic nitrogens is 2. The standard InChI is InChI=1S/C25H25N3O5/c1-15-10-11-20-18(14-32-21(20)12-15)13-22(29)33-17(3)24(30)26-23-16(2)27(4)28(25(23)31)19-8-6-5-7-9-19/h5-12,14,17H,13H2,1-4H3,(H,26,30). The first kappa shape index (κ1) is 22.1. The normalized spacial score (nSPS) is 12.0. The van der Waals surface area contributed by atoms with Crippen molar-refractivity contribution >= 4 is 28.5 Å². The highest BCUT2D eigenvalue weighted by Crippen LogP contribution is 2.23. The van der Waals surface area contributed by atoms with E-state index < -0.39 is 18.0 Å². The molecule has 1 atom stereocenters. The summed E-state index contributed by atoms with van der Waals surface area (Å²) in [6.45, 7) is 5.16. The number of nitrogens with one attached hydrogen (secondary N) is 1. The molecule has 1 unspecified atom stereocenters. The lowest BCUT2D eigenvalue weighted by molar-refractivity contribution is -0.152. The molecule has 8 nitrogen and oxygen atoms in total. The quantitative estimate of drug-likeness (QED) is 0.455. The maximum Gasteiger partial charge on any atom is 0.311 e. The molecule has 4 aromatic rings. The van der Waals surface area contributed by atoms with Crippen molar-refractivity contribution in [3.05, 3.63) is 82.0 Å². The molecule has 0 aliphatic rings. The molecule has 0 bridgehead atoms. The third-order valence-electron chi connectivity index (χ3n) is 5.63. The van der Waals surface area contributed by atoms with Crippen LogP contribution in [0.3, 0.4) is 0 Å². The van der Waals surface area contributed by atoms with Crippen LogP contribution in [0.5, 0.6) is 0 Å². The first-order valence-electron chi connectivity index (χ1n) is 10.6. The highest BCUT2D eigenvalue weighted by atomic mass is 16.5. The molecular weight excluding hydrogens is 422 g/mol. The van der Waals surface area contributed by atoms with Crippen LogP contribution in [0.2, 0.25) is 0 Å². The van der Waals surface area contributed by atoms with Crippen LogP contribution in [0.4, 0.5) is 5.69 Å². The molecule has 1 amide bonds. The SMILES string of the molecule is Cc1ccc2c(CC(=O)OC(C)C(=O)Nc3c(C)n(C)n(-c4ccccc4)c3=O)coc2c1. The average molecular weight is 447 g/mol. The number of aryl methyl sites for hydroxylation is 1. The second kappa shape index (κ2) is 8.82. The molecule has 170 valence electrons. The van der Waals surface area contributed by atoms with Crippen LogP contribution in [0.15, 0.2) is 64.0 Å². The Balaban J connectivity index is 1.46. The fourth-order valence-corrected chi connectivity index (χ4v) is 3.71. The summed E-state index contributed by atoms with van der Waals surface area (Å²) in [5.74, 6) is -1.14. The van der Waals surface area contributed by atoms with Crippen molar-refractivity contribution < 1.29 is 18.7 Å². The lowest BCUT2D eigenvalue weighted by Gasteiger charge is -2.12. The number of furan rings is 1. The molecule has 0 saturated carbocycles. The van der Waals surface area contributed by atoms with Gasteiger partial charge in [-0.25, -0.2) is 4.68 Å². The summed E-state index contributed by atoms with van der Waals surface area (Å²) in [7, 11) is 1.74. The van der Waals surface area contributed by atoms with Gasteiger partial charge in [0.1, 0.15) is 11.3 Å². The zero-order valence-electron chi connectivity index (χ0n) is 18.9. The minimum absolute atomic E-state index is 0.0289. The van der Waals surface area contributed by atoms with Crippen LogP contribution in [0, 0.1) is 13.8 Å². The van der Waals surface area contributed by atoms with Crippen LogP contribution in [-0.4, -0.2) is 27.3 Å². The Morgan fingerprint density at radius 3 is 2.58 bits per heavy atom. The summed E-state index contributed by atoms with van der Waals surface area (Å²) < 4.78 is 14.0. The topological polar surface area (TPSA) is 95.5 Å².